The van der Waals surface area contributed by atoms with Gasteiger partial charge in [-0.05, 0) is 55.5 Å². The standard InChI is InChI=1S/C20H22ClN3O2/c1-13-5-4-10-24(12-13)20(26)18-11-15(8-9-22-18)19(25)23-17-7-3-6-16(21)14(17)2/h3,6-9,11,13H,4-5,10,12H2,1-2H3,(H,23,25). The van der Waals surface area contributed by atoms with E-state index >= 15 is 0 Å². The van der Waals surface area contributed by atoms with Crippen molar-refractivity contribution in [2.45, 2.75) is 26.7 Å². The third kappa shape index (κ3) is 4.05. The first kappa shape index (κ1) is 18.4. The smallest absolute Gasteiger partial charge is 0.272 e. The number of likely N-dealkylation sites (tertiary alicyclic amines) is 1. The second kappa shape index (κ2) is 7.87. The van der Waals surface area contributed by atoms with Crippen molar-refractivity contribution in [2.24, 2.45) is 5.92 Å². The highest BCUT2D eigenvalue weighted by atomic mass is 35.5. The molecule has 0 saturated carbocycles. The van der Waals surface area contributed by atoms with E-state index in [4.69, 9.17) is 11.6 Å². The summed E-state index contributed by atoms with van der Waals surface area (Å²) in [7, 11) is 0. The average Bonchev–Trinajstić information content (AvgIpc) is 2.65. The Kier molecular flexibility index (Phi) is 5.57. The molecule has 0 bridgehead atoms. The van der Waals surface area contributed by atoms with Gasteiger partial charge in [-0.1, -0.05) is 24.6 Å². The van der Waals surface area contributed by atoms with Gasteiger partial charge in [0.05, 0.1) is 0 Å². The molecular formula is C20H22ClN3O2. The summed E-state index contributed by atoms with van der Waals surface area (Å²) in [6.07, 6.45) is 3.64. The predicted molar refractivity (Wildman–Crippen MR) is 103 cm³/mol. The summed E-state index contributed by atoms with van der Waals surface area (Å²) < 4.78 is 0. The van der Waals surface area contributed by atoms with Gasteiger partial charge in [-0.2, -0.15) is 0 Å². The number of rotatable bonds is 3. The van der Waals surface area contributed by atoms with Gasteiger partial charge in [0.1, 0.15) is 5.69 Å². The van der Waals surface area contributed by atoms with Gasteiger partial charge in [-0.25, -0.2) is 0 Å². The molecule has 0 aliphatic carbocycles. The number of carbonyl (C=O) groups excluding carboxylic acids is 2. The SMILES string of the molecule is Cc1c(Cl)cccc1NC(=O)c1ccnc(C(=O)N2CCCC(C)C2)c1. The molecule has 5 nitrogen and oxygen atoms in total. The largest absolute Gasteiger partial charge is 0.337 e. The lowest BCUT2D eigenvalue weighted by molar-refractivity contribution is 0.0677. The fraction of sp³-hybridized carbons (Fsp3) is 0.350. The van der Waals surface area contributed by atoms with Crippen LogP contribution in [-0.2, 0) is 0 Å². The number of aromatic nitrogens is 1. The van der Waals surface area contributed by atoms with Gasteiger partial charge >= 0.3 is 0 Å². The lowest BCUT2D eigenvalue weighted by Gasteiger charge is -2.30. The van der Waals surface area contributed by atoms with Crippen LogP contribution in [0.3, 0.4) is 0 Å². The highest BCUT2D eigenvalue weighted by Crippen LogP contribution is 2.23. The van der Waals surface area contributed by atoms with Crippen LogP contribution in [0.15, 0.2) is 36.5 Å². The van der Waals surface area contributed by atoms with E-state index in [1.807, 2.05) is 11.8 Å². The molecule has 1 aromatic heterocycles. The van der Waals surface area contributed by atoms with Crippen molar-refractivity contribution >= 4 is 29.1 Å². The molecular weight excluding hydrogens is 350 g/mol. The average molecular weight is 372 g/mol. The topological polar surface area (TPSA) is 62.3 Å². The van der Waals surface area contributed by atoms with E-state index in [2.05, 4.69) is 17.2 Å². The van der Waals surface area contributed by atoms with E-state index in [1.165, 1.54) is 6.20 Å². The number of hydrogen-bond donors (Lipinski definition) is 1. The summed E-state index contributed by atoms with van der Waals surface area (Å²) >= 11 is 6.10. The molecule has 26 heavy (non-hydrogen) atoms. The molecule has 1 saturated heterocycles. The van der Waals surface area contributed by atoms with Gasteiger partial charge in [0.2, 0.25) is 0 Å². The highest BCUT2D eigenvalue weighted by molar-refractivity contribution is 6.31. The maximum atomic E-state index is 12.7. The van der Waals surface area contributed by atoms with Crippen molar-refractivity contribution in [3.8, 4) is 0 Å². The Morgan fingerprint density at radius 3 is 2.88 bits per heavy atom. The lowest BCUT2D eigenvalue weighted by Crippen LogP contribution is -2.39. The van der Waals surface area contributed by atoms with E-state index in [0.717, 1.165) is 31.5 Å². The zero-order valence-electron chi connectivity index (χ0n) is 15.0. The second-order valence-electron chi connectivity index (χ2n) is 6.79. The van der Waals surface area contributed by atoms with Crippen LogP contribution in [0.2, 0.25) is 5.02 Å². The lowest BCUT2D eigenvalue weighted by atomic mass is 10.00. The third-order valence-electron chi connectivity index (χ3n) is 4.70. The number of amides is 2. The molecule has 1 unspecified atom stereocenters. The van der Waals surface area contributed by atoms with Gasteiger partial charge < -0.3 is 10.2 Å². The second-order valence-corrected chi connectivity index (χ2v) is 7.20. The highest BCUT2D eigenvalue weighted by Gasteiger charge is 2.23. The first-order valence-electron chi connectivity index (χ1n) is 8.77. The molecule has 1 aromatic carbocycles. The Morgan fingerprint density at radius 1 is 1.31 bits per heavy atom. The number of hydrogen-bond acceptors (Lipinski definition) is 3. The number of anilines is 1. The van der Waals surface area contributed by atoms with Crippen LogP contribution in [0.5, 0.6) is 0 Å². The number of nitrogens with one attached hydrogen (secondary N) is 1. The fourth-order valence-corrected chi connectivity index (χ4v) is 3.34. The Bertz CT molecular complexity index is 838. The van der Waals surface area contributed by atoms with Gasteiger partial charge in [-0.15, -0.1) is 0 Å². The molecule has 1 atom stereocenters. The maximum Gasteiger partial charge on any atom is 0.272 e. The van der Waals surface area contributed by atoms with Crippen molar-refractivity contribution in [2.75, 3.05) is 18.4 Å². The summed E-state index contributed by atoms with van der Waals surface area (Å²) in [5.74, 6) is 0.0777. The molecule has 2 amide bonds. The monoisotopic (exact) mass is 371 g/mol. The predicted octanol–water partition coefficient (Wildman–Crippen LogP) is 4.17. The molecule has 1 N–H and O–H groups in total. The minimum absolute atomic E-state index is 0.120. The van der Waals surface area contributed by atoms with Crippen molar-refractivity contribution in [3.05, 3.63) is 58.4 Å². The minimum Gasteiger partial charge on any atom is -0.337 e. The Hall–Kier alpha value is -2.40. The van der Waals surface area contributed by atoms with E-state index in [9.17, 15) is 9.59 Å². The van der Waals surface area contributed by atoms with E-state index in [0.29, 0.717) is 27.9 Å². The van der Waals surface area contributed by atoms with Crippen LogP contribution in [0.1, 0.15) is 46.2 Å². The van der Waals surface area contributed by atoms with E-state index in [-0.39, 0.29) is 11.8 Å². The van der Waals surface area contributed by atoms with Crippen molar-refractivity contribution in [1.29, 1.82) is 0 Å². The third-order valence-corrected chi connectivity index (χ3v) is 5.11. The summed E-state index contributed by atoms with van der Waals surface area (Å²) in [4.78, 5) is 31.3. The number of nitrogens with zero attached hydrogens (tertiary/aromatic N) is 2. The summed E-state index contributed by atoms with van der Waals surface area (Å²) in [5, 5.41) is 3.43. The zero-order chi connectivity index (χ0) is 18.7. The number of benzene rings is 1. The Morgan fingerprint density at radius 2 is 2.12 bits per heavy atom. The van der Waals surface area contributed by atoms with Crippen LogP contribution in [0.25, 0.3) is 0 Å². The fourth-order valence-electron chi connectivity index (χ4n) is 3.16. The van der Waals surface area contributed by atoms with Gasteiger partial charge in [0, 0.05) is 35.6 Å². The van der Waals surface area contributed by atoms with Crippen molar-refractivity contribution in [3.63, 3.8) is 0 Å². The summed E-state index contributed by atoms with van der Waals surface area (Å²) in [6, 6.07) is 8.50. The minimum atomic E-state index is -0.293. The van der Waals surface area contributed by atoms with E-state index < -0.39 is 0 Å². The first-order chi connectivity index (χ1) is 12.5. The van der Waals surface area contributed by atoms with Crippen molar-refractivity contribution < 1.29 is 9.59 Å². The number of pyridine rings is 1. The van der Waals surface area contributed by atoms with Gasteiger partial charge in [0.25, 0.3) is 11.8 Å². The molecule has 1 aliphatic heterocycles. The Balaban J connectivity index is 1.77. The molecule has 136 valence electrons. The van der Waals surface area contributed by atoms with Crippen LogP contribution < -0.4 is 5.32 Å². The molecule has 6 heteroatoms. The number of halogens is 1. The van der Waals surface area contributed by atoms with Crippen LogP contribution >= 0.6 is 11.6 Å². The van der Waals surface area contributed by atoms with Crippen LogP contribution in [-0.4, -0.2) is 34.8 Å². The molecule has 1 fully saturated rings. The number of carbonyl (C=O) groups is 2. The molecule has 1 aliphatic rings. The maximum absolute atomic E-state index is 12.7. The quantitative estimate of drug-likeness (QED) is 0.880. The number of piperidine rings is 1. The molecule has 2 aromatic rings. The molecule has 3 rings (SSSR count). The summed E-state index contributed by atoms with van der Waals surface area (Å²) in [6.45, 7) is 5.46. The van der Waals surface area contributed by atoms with Gasteiger partial charge in [-0.3, -0.25) is 14.6 Å². The van der Waals surface area contributed by atoms with Crippen LogP contribution in [0, 0.1) is 12.8 Å². The zero-order valence-corrected chi connectivity index (χ0v) is 15.7. The van der Waals surface area contributed by atoms with Gasteiger partial charge in [0.15, 0.2) is 0 Å². The Labute approximate surface area is 158 Å². The normalized spacial score (nSPS) is 17.0. The molecule has 2 heterocycles. The first-order valence-corrected chi connectivity index (χ1v) is 9.15. The van der Waals surface area contributed by atoms with E-state index in [1.54, 1.807) is 30.3 Å². The molecule has 0 spiro atoms. The summed E-state index contributed by atoms with van der Waals surface area (Å²) in [5.41, 5.74) is 2.15. The molecule has 0 radical (unpaired) electrons. The van der Waals surface area contributed by atoms with Crippen LogP contribution in [0.4, 0.5) is 5.69 Å². The van der Waals surface area contributed by atoms with Crippen molar-refractivity contribution in [1.82, 2.24) is 9.88 Å².